The first-order valence-electron chi connectivity index (χ1n) is 7.68. The van der Waals surface area contributed by atoms with Crippen molar-refractivity contribution in [3.63, 3.8) is 0 Å². The molecule has 0 spiro atoms. The van der Waals surface area contributed by atoms with Crippen LogP contribution in [0.15, 0.2) is 41.8 Å². The van der Waals surface area contributed by atoms with Crippen molar-refractivity contribution in [2.24, 2.45) is 0 Å². The second-order valence-corrected chi connectivity index (χ2v) is 6.71. The topological polar surface area (TPSA) is 34.0 Å². The minimum Gasteiger partial charge on any atom is -0.350 e. The van der Waals surface area contributed by atoms with Gasteiger partial charge in [-0.2, -0.15) is 0 Å². The van der Waals surface area contributed by atoms with Crippen molar-refractivity contribution in [2.75, 3.05) is 6.54 Å². The van der Waals surface area contributed by atoms with Crippen molar-refractivity contribution in [1.82, 2.24) is 9.88 Å². The van der Waals surface area contributed by atoms with Crippen LogP contribution in [0.4, 0.5) is 4.39 Å². The molecule has 5 heteroatoms. The van der Waals surface area contributed by atoms with Crippen molar-refractivity contribution < 1.29 is 9.18 Å². The highest BCUT2D eigenvalue weighted by molar-refractivity contribution is 7.17. The summed E-state index contributed by atoms with van der Waals surface area (Å²) in [5.41, 5.74) is 2.37. The molecule has 3 aromatic rings. The lowest BCUT2D eigenvalue weighted by Crippen LogP contribution is -2.28. The van der Waals surface area contributed by atoms with Gasteiger partial charge in [-0.25, -0.2) is 4.39 Å². The number of rotatable bonds is 5. The van der Waals surface area contributed by atoms with E-state index in [1.807, 2.05) is 22.1 Å². The van der Waals surface area contributed by atoms with Gasteiger partial charge in [-0.3, -0.25) is 4.79 Å². The number of hydrogen-bond acceptors (Lipinski definition) is 2. The van der Waals surface area contributed by atoms with Crippen LogP contribution in [0.1, 0.15) is 35.9 Å². The molecular weight excluding hydrogens is 311 g/mol. The van der Waals surface area contributed by atoms with E-state index < -0.39 is 0 Å². The van der Waals surface area contributed by atoms with Gasteiger partial charge in [0.05, 0.1) is 10.2 Å². The summed E-state index contributed by atoms with van der Waals surface area (Å²) in [5.74, 6) is -0.341. The molecule has 2 heterocycles. The minimum atomic E-state index is -0.229. The summed E-state index contributed by atoms with van der Waals surface area (Å²) in [5, 5.41) is 4.93. The number of nitrogens with one attached hydrogen (secondary N) is 1. The molecule has 0 aliphatic heterocycles. The molecule has 0 aliphatic rings. The predicted molar refractivity (Wildman–Crippen MR) is 92.6 cm³/mol. The smallest absolute Gasteiger partial charge is 0.267 e. The summed E-state index contributed by atoms with van der Waals surface area (Å²) in [6, 6.07) is 10.8. The molecule has 3 rings (SSSR count). The third kappa shape index (κ3) is 3.15. The Morgan fingerprint density at radius 1 is 1.30 bits per heavy atom. The lowest BCUT2D eigenvalue weighted by molar-refractivity contribution is 0.0944. The second kappa shape index (κ2) is 6.54. The molecule has 23 heavy (non-hydrogen) atoms. The Kier molecular flexibility index (Phi) is 4.48. The van der Waals surface area contributed by atoms with Gasteiger partial charge in [0.1, 0.15) is 11.5 Å². The maximum absolute atomic E-state index is 13.6. The van der Waals surface area contributed by atoms with Crippen LogP contribution >= 0.6 is 11.3 Å². The zero-order valence-electron chi connectivity index (χ0n) is 13.2. The fraction of sp³-hybridized carbons (Fsp3) is 0.278. The van der Waals surface area contributed by atoms with Crippen molar-refractivity contribution in [3.05, 3.63) is 58.9 Å². The van der Waals surface area contributed by atoms with Crippen LogP contribution < -0.4 is 5.32 Å². The first kappa shape index (κ1) is 15.7. The van der Waals surface area contributed by atoms with Crippen LogP contribution in [0, 0.1) is 5.82 Å². The number of thiophene rings is 1. The molecule has 0 unspecified atom stereocenters. The van der Waals surface area contributed by atoms with Crippen LogP contribution in [-0.2, 0) is 6.42 Å². The van der Waals surface area contributed by atoms with E-state index in [4.69, 9.17) is 0 Å². The standard InChI is InChI=1S/C18H19FN2OS/c1-12(2)21-15-8-10-23-17(15)11-16(21)18(22)20-9-7-13-5-3-4-6-14(13)19/h3-6,8,10-12H,7,9H2,1-2H3,(H,20,22). The van der Waals surface area contributed by atoms with Gasteiger partial charge in [0.15, 0.2) is 0 Å². The maximum Gasteiger partial charge on any atom is 0.267 e. The van der Waals surface area contributed by atoms with Gasteiger partial charge in [0.25, 0.3) is 5.91 Å². The van der Waals surface area contributed by atoms with Crippen molar-refractivity contribution in [2.45, 2.75) is 26.3 Å². The Balaban J connectivity index is 1.72. The molecule has 0 bridgehead atoms. The van der Waals surface area contributed by atoms with E-state index in [-0.39, 0.29) is 17.8 Å². The molecule has 0 saturated heterocycles. The van der Waals surface area contributed by atoms with Crippen LogP contribution in [0.2, 0.25) is 0 Å². The third-order valence-electron chi connectivity index (χ3n) is 3.85. The van der Waals surface area contributed by atoms with Gasteiger partial charge in [-0.1, -0.05) is 18.2 Å². The van der Waals surface area contributed by atoms with Gasteiger partial charge < -0.3 is 9.88 Å². The van der Waals surface area contributed by atoms with E-state index in [1.54, 1.807) is 29.5 Å². The zero-order chi connectivity index (χ0) is 16.4. The Hall–Kier alpha value is -2.14. The Morgan fingerprint density at radius 3 is 2.83 bits per heavy atom. The number of aromatic nitrogens is 1. The molecule has 0 aliphatic carbocycles. The minimum absolute atomic E-state index is 0.113. The summed E-state index contributed by atoms with van der Waals surface area (Å²) in [4.78, 5) is 12.5. The maximum atomic E-state index is 13.6. The summed E-state index contributed by atoms with van der Waals surface area (Å²) in [7, 11) is 0. The van der Waals surface area contributed by atoms with E-state index in [2.05, 4.69) is 19.2 Å². The fourth-order valence-corrected chi connectivity index (χ4v) is 3.59. The lowest BCUT2D eigenvalue weighted by Gasteiger charge is -2.14. The molecule has 0 saturated carbocycles. The average molecular weight is 330 g/mol. The summed E-state index contributed by atoms with van der Waals surface area (Å²) in [6.45, 7) is 4.54. The van der Waals surface area contributed by atoms with Crippen molar-refractivity contribution in [1.29, 1.82) is 0 Å². The molecule has 2 aromatic heterocycles. The highest BCUT2D eigenvalue weighted by atomic mass is 32.1. The number of halogens is 1. The third-order valence-corrected chi connectivity index (χ3v) is 4.70. The SMILES string of the molecule is CC(C)n1c(C(=O)NCCc2ccccc2F)cc2sccc21. The van der Waals surface area contributed by atoms with Gasteiger partial charge in [-0.05, 0) is 49.4 Å². The molecule has 1 N–H and O–H groups in total. The number of amides is 1. The number of fused-ring (bicyclic) bond motifs is 1. The fourth-order valence-electron chi connectivity index (χ4n) is 2.78. The number of carbonyl (C=O) groups is 1. The first-order valence-corrected chi connectivity index (χ1v) is 8.56. The van der Waals surface area contributed by atoms with Crippen LogP contribution in [0.3, 0.4) is 0 Å². The Labute approximate surface area is 138 Å². The molecule has 3 nitrogen and oxygen atoms in total. The molecule has 0 radical (unpaired) electrons. The van der Waals surface area contributed by atoms with Crippen LogP contribution in [0.5, 0.6) is 0 Å². The van der Waals surface area contributed by atoms with E-state index in [0.29, 0.717) is 24.2 Å². The molecule has 120 valence electrons. The predicted octanol–water partition coefficient (Wildman–Crippen LogP) is 4.40. The number of benzene rings is 1. The summed E-state index contributed by atoms with van der Waals surface area (Å²) in [6.07, 6.45) is 0.481. The number of hydrogen-bond donors (Lipinski definition) is 1. The second-order valence-electron chi connectivity index (χ2n) is 5.76. The molecule has 1 aromatic carbocycles. The largest absolute Gasteiger partial charge is 0.350 e. The van der Waals surface area contributed by atoms with Gasteiger partial charge in [0.2, 0.25) is 0 Å². The quantitative estimate of drug-likeness (QED) is 0.739. The van der Waals surface area contributed by atoms with E-state index in [0.717, 1.165) is 10.2 Å². The van der Waals surface area contributed by atoms with Crippen LogP contribution in [-0.4, -0.2) is 17.0 Å². The van der Waals surface area contributed by atoms with Gasteiger partial charge in [-0.15, -0.1) is 11.3 Å². The number of carbonyl (C=O) groups excluding carboxylic acids is 1. The molecular formula is C18H19FN2OS. The van der Waals surface area contributed by atoms with E-state index in [9.17, 15) is 9.18 Å². The Bertz CT molecular complexity index is 835. The lowest BCUT2D eigenvalue weighted by atomic mass is 10.1. The average Bonchev–Trinajstić information content (AvgIpc) is 3.09. The monoisotopic (exact) mass is 330 g/mol. The van der Waals surface area contributed by atoms with Crippen LogP contribution in [0.25, 0.3) is 10.2 Å². The highest BCUT2D eigenvalue weighted by Crippen LogP contribution is 2.28. The van der Waals surface area contributed by atoms with Crippen molar-refractivity contribution >= 4 is 27.5 Å². The highest BCUT2D eigenvalue weighted by Gasteiger charge is 2.18. The van der Waals surface area contributed by atoms with E-state index in [1.165, 1.54) is 6.07 Å². The van der Waals surface area contributed by atoms with Gasteiger partial charge in [0, 0.05) is 12.6 Å². The summed E-state index contributed by atoms with van der Waals surface area (Å²) >= 11 is 1.63. The molecule has 0 atom stereocenters. The normalized spacial score (nSPS) is 11.3. The molecule has 0 fully saturated rings. The number of nitrogens with zero attached hydrogens (tertiary/aromatic N) is 1. The van der Waals surface area contributed by atoms with E-state index >= 15 is 0 Å². The van der Waals surface area contributed by atoms with Crippen molar-refractivity contribution in [3.8, 4) is 0 Å². The van der Waals surface area contributed by atoms with Gasteiger partial charge >= 0.3 is 0 Å². The zero-order valence-corrected chi connectivity index (χ0v) is 14.0. The summed E-state index contributed by atoms with van der Waals surface area (Å²) < 4.78 is 16.7. The molecule has 1 amide bonds. The first-order chi connectivity index (χ1) is 11.1. The Morgan fingerprint density at radius 2 is 2.09 bits per heavy atom.